The Morgan fingerprint density at radius 2 is 1.67 bits per heavy atom. The summed E-state index contributed by atoms with van der Waals surface area (Å²) >= 11 is 5.78. The number of urea groups is 1. The second-order valence-electron chi connectivity index (χ2n) is 7.26. The summed E-state index contributed by atoms with van der Waals surface area (Å²) in [5.41, 5.74) is 0.468. The highest BCUT2D eigenvalue weighted by molar-refractivity contribution is 6.31. The molecule has 30 heavy (non-hydrogen) atoms. The number of piperazine rings is 1. The van der Waals surface area contributed by atoms with Crippen LogP contribution >= 0.6 is 11.6 Å². The van der Waals surface area contributed by atoms with Crippen LogP contribution in [0.25, 0.3) is 0 Å². The number of amides is 2. The molecule has 0 aliphatic carbocycles. The van der Waals surface area contributed by atoms with E-state index in [1.54, 1.807) is 4.90 Å². The van der Waals surface area contributed by atoms with E-state index < -0.39 is 5.82 Å². The minimum absolute atomic E-state index is 0.0205. The number of hydrogen-bond acceptors (Lipinski definition) is 6. The highest BCUT2D eigenvalue weighted by atomic mass is 35.5. The fourth-order valence-corrected chi connectivity index (χ4v) is 3.75. The van der Waals surface area contributed by atoms with Gasteiger partial charge in [-0.15, -0.1) is 0 Å². The van der Waals surface area contributed by atoms with Crippen molar-refractivity contribution in [1.82, 2.24) is 14.9 Å². The van der Waals surface area contributed by atoms with E-state index in [-0.39, 0.29) is 11.1 Å². The molecule has 10 heteroatoms. The van der Waals surface area contributed by atoms with E-state index in [9.17, 15) is 9.18 Å². The molecule has 1 aromatic carbocycles. The number of aromatic nitrogens is 2. The van der Waals surface area contributed by atoms with E-state index in [4.69, 9.17) is 16.3 Å². The molecule has 0 radical (unpaired) electrons. The Kier molecular flexibility index (Phi) is 6.19. The predicted molar refractivity (Wildman–Crippen MR) is 114 cm³/mol. The van der Waals surface area contributed by atoms with Crippen molar-refractivity contribution in [3.05, 3.63) is 40.9 Å². The average Bonchev–Trinajstić information content (AvgIpc) is 2.76. The summed E-state index contributed by atoms with van der Waals surface area (Å²) < 4.78 is 18.7. The van der Waals surface area contributed by atoms with E-state index in [1.165, 1.54) is 18.2 Å². The lowest BCUT2D eigenvalue weighted by molar-refractivity contribution is 0.122. The number of halogens is 2. The third-order valence-corrected chi connectivity index (χ3v) is 5.50. The summed E-state index contributed by atoms with van der Waals surface area (Å²) in [4.78, 5) is 27.8. The van der Waals surface area contributed by atoms with Gasteiger partial charge in [0.05, 0.1) is 18.2 Å². The van der Waals surface area contributed by atoms with Crippen molar-refractivity contribution in [2.24, 2.45) is 0 Å². The molecule has 2 aliphatic heterocycles. The van der Waals surface area contributed by atoms with Crippen LogP contribution in [-0.4, -0.2) is 73.4 Å². The van der Waals surface area contributed by atoms with Gasteiger partial charge >= 0.3 is 6.03 Å². The van der Waals surface area contributed by atoms with Crippen molar-refractivity contribution < 1.29 is 13.9 Å². The fourth-order valence-electron chi connectivity index (χ4n) is 3.57. The number of carbonyl (C=O) groups is 1. The van der Waals surface area contributed by atoms with Gasteiger partial charge < -0.3 is 24.8 Å². The first-order valence-electron chi connectivity index (χ1n) is 9.94. The largest absolute Gasteiger partial charge is 0.378 e. The van der Waals surface area contributed by atoms with E-state index in [2.05, 4.69) is 25.1 Å². The Bertz CT molecular complexity index is 916. The number of nitrogens with one attached hydrogen (secondary N) is 1. The molecule has 2 fully saturated rings. The Morgan fingerprint density at radius 3 is 2.30 bits per heavy atom. The minimum Gasteiger partial charge on any atom is -0.378 e. The number of carbonyl (C=O) groups excluding carboxylic acids is 1. The molecule has 0 saturated carbocycles. The predicted octanol–water partition coefficient (Wildman–Crippen LogP) is 2.77. The first-order chi connectivity index (χ1) is 14.5. The highest BCUT2D eigenvalue weighted by Gasteiger charge is 2.23. The number of aryl methyl sites for hydroxylation is 1. The molecule has 160 valence electrons. The van der Waals surface area contributed by atoms with Gasteiger partial charge in [-0.25, -0.2) is 19.2 Å². The maximum Gasteiger partial charge on any atom is 0.321 e. The number of morpholine rings is 1. The van der Waals surface area contributed by atoms with Gasteiger partial charge in [0.2, 0.25) is 0 Å². The topological polar surface area (TPSA) is 73.8 Å². The zero-order chi connectivity index (χ0) is 21.1. The number of hydrogen-bond donors (Lipinski definition) is 1. The van der Waals surface area contributed by atoms with E-state index in [0.29, 0.717) is 45.1 Å². The average molecular weight is 435 g/mol. The molecule has 0 bridgehead atoms. The SMILES string of the molecule is Cc1nc(N2CCOCC2)cc(N2CCN(C(=O)Nc3ccc(F)c(Cl)c3)CC2)n1. The number of benzene rings is 1. The number of anilines is 3. The lowest BCUT2D eigenvalue weighted by Gasteiger charge is -2.36. The molecule has 8 nitrogen and oxygen atoms in total. The second-order valence-corrected chi connectivity index (χ2v) is 7.67. The van der Waals surface area contributed by atoms with E-state index in [1.807, 2.05) is 13.0 Å². The summed E-state index contributed by atoms with van der Waals surface area (Å²) in [6.45, 7) is 7.36. The van der Waals surface area contributed by atoms with Crippen molar-refractivity contribution in [3.8, 4) is 0 Å². The smallest absolute Gasteiger partial charge is 0.321 e. The number of nitrogens with zero attached hydrogens (tertiary/aromatic N) is 5. The quantitative estimate of drug-likeness (QED) is 0.800. The molecule has 4 rings (SSSR count). The van der Waals surface area contributed by atoms with Crippen LogP contribution in [0.1, 0.15) is 5.82 Å². The Hall–Kier alpha value is -2.65. The van der Waals surface area contributed by atoms with Crippen LogP contribution in [0.5, 0.6) is 0 Å². The first kappa shape index (κ1) is 20.6. The molecule has 0 unspecified atom stereocenters. The van der Waals surface area contributed by atoms with Gasteiger partial charge in [0.1, 0.15) is 23.3 Å². The molecule has 1 N–H and O–H groups in total. The Balaban J connectivity index is 1.37. The minimum atomic E-state index is -0.514. The molecule has 2 aliphatic rings. The van der Waals surface area contributed by atoms with Crippen LogP contribution in [0.4, 0.5) is 26.5 Å². The third-order valence-electron chi connectivity index (χ3n) is 5.21. The van der Waals surface area contributed by atoms with Crippen LogP contribution in [0, 0.1) is 12.7 Å². The van der Waals surface area contributed by atoms with Gasteiger partial charge in [-0.05, 0) is 25.1 Å². The van der Waals surface area contributed by atoms with Crippen molar-refractivity contribution in [2.75, 3.05) is 67.6 Å². The van der Waals surface area contributed by atoms with Crippen LogP contribution in [0.15, 0.2) is 24.3 Å². The van der Waals surface area contributed by atoms with E-state index >= 15 is 0 Å². The van der Waals surface area contributed by atoms with Crippen LogP contribution in [0.3, 0.4) is 0 Å². The second kappa shape index (κ2) is 9.01. The normalized spacial score (nSPS) is 17.2. The van der Waals surface area contributed by atoms with Gasteiger partial charge in [-0.1, -0.05) is 11.6 Å². The van der Waals surface area contributed by atoms with Gasteiger partial charge in [-0.2, -0.15) is 0 Å². The molecule has 1 aromatic heterocycles. The standard InChI is InChI=1S/C20H24ClFN6O2/c1-14-23-18(13-19(24-14)27-8-10-30-11-9-27)26-4-6-28(7-5-26)20(29)25-15-2-3-17(22)16(21)12-15/h2-3,12-13H,4-11H2,1H3,(H,25,29). The molecule has 0 spiro atoms. The number of ether oxygens (including phenoxy) is 1. The molecular weight excluding hydrogens is 411 g/mol. The molecule has 2 amide bonds. The third kappa shape index (κ3) is 4.73. The highest BCUT2D eigenvalue weighted by Crippen LogP contribution is 2.22. The lowest BCUT2D eigenvalue weighted by atomic mass is 10.3. The zero-order valence-corrected chi connectivity index (χ0v) is 17.5. The maximum atomic E-state index is 13.3. The first-order valence-corrected chi connectivity index (χ1v) is 10.3. The van der Waals surface area contributed by atoms with Crippen molar-refractivity contribution in [3.63, 3.8) is 0 Å². The van der Waals surface area contributed by atoms with Crippen molar-refractivity contribution in [2.45, 2.75) is 6.92 Å². The van der Waals surface area contributed by atoms with Crippen LogP contribution in [0.2, 0.25) is 5.02 Å². The molecule has 3 heterocycles. The molecular formula is C20H24ClFN6O2. The summed E-state index contributed by atoms with van der Waals surface area (Å²) in [7, 11) is 0. The van der Waals surface area contributed by atoms with E-state index in [0.717, 1.165) is 30.5 Å². The van der Waals surface area contributed by atoms with Crippen molar-refractivity contribution >= 4 is 35.0 Å². The van der Waals surface area contributed by atoms with Gasteiger partial charge in [0, 0.05) is 51.0 Å². The monoisotopic (exact) mass is 434 g/mol. The Morgan fingerprint density at radius 1 is 1.03 bits per heavy atom. The van der Waals surface area contributed by atoms with Gasteiger partial charge in [0.25, 0.3) is 0 Å². The number of rotatable bonds is 3. The summed E-state index contributed by atoms with van der Waals surface area (Å²) in [5, 5.41) is 2.75. The summed E-state index contributed by atoms with van der Waals surface area (Å²) in [6, 6.07) is 5.91. The van der Waals surface area contributed by atoms with Crippen LogP contribution < -0.4 is 15.1 Å². The molecule has 2 saturated heterocycles. The fraction of sp³-hybridized carbons (Fsp3) is 0.450. The van der Waals surface area contributed by atoms with Crippen molar-refractivity contribution in [1.29, 1.82) is 0 Å². The van der Waals surface area contributed by atoms with Crippen LogP contribution in [-0.2, 0) is 4.74 Å². The molecule has 2 aromatic rings. The Labute approximate surface area is 179 Å². The van der Waals surface area contributed by atoms with Gasteiger partial charge in [-0.3, -0.25) is 0 Å². The van der Waals surface area contributed by atoms with Gasteiger partial charge in [0.15, 0.2) is 0 Å². The zero-order valence-electron chi connectivity index (χ0n) is 16.8. The lowest BCUT2D eigenvalue weighted by Crippen LogP contribution is -2.50. The summed E-state index contributed by atoms with van der Waals surface area (Å²) in [6.07, 6.45) is 0. The summed E-state index contributed by atoms with van der Waals surface area (Å²) in [5.74, 6) is 1.99. The maximum absolute atomic E-state index is 13.3. The molecule has 0 atom stereocenters.